The van der Waals surface area contributed by atoms with E-state index in [0.29, 0.717) is 0 Å². The van der Waals surface area contributed by atoms with Gasteiger partial charge < -0.3 is 18.0 Å². The molecule has 4 aromatic heterocycles. The molecule has 250 valence electrons. The van der Waals surface area contributed by atoms with Crippen LogP contribution in [0.5, 0.6) is 0 Å². The normalized spacial score (nSPS) is 14.8. The van der Waals surface area contributed by atoms with Crippen molar-refractivity contribution in [2.24, 2.45) is 0 Å². The predicted octanol–water partition coefficient (Wildman–Crippen LogP) is 13.7. The fourth-order valence-electron chi connectivity index (χ4n) is 9.00. The second-order valence-electron chi connectivity index (χ2n) is 14.6. The maximum absolute atomic E-state index is 6.43. The van der Waals surface area contributed by atoms with Gasteiger partial charge in [-0.1, -0.05) is 84.5 Å². The smallest absolute Gasteiger partial charge is 0.137 e. The Labute approximate surface area is 304 Å². The molecule has 1 atom stereocenters. The Morgan fingerprint density at radius 1 is 0.472 bits per heavy atom. The Morgan fingerprint density at radius 3 is 1.91 bits per heavy atom. The highest BCUT2D eigenvalue weighted by Crippen LogP contribution is 2.43. The van der Waals surface area contributed by atoms with Crippen molar-refractivity contribution < 1.29 is 8.83 Å². The third-order valence-electron chi connectivity index (χ3n) is 11.4. The molecule has 0 saturated carbocycles. The molecule has 4 heteroatoms. The zero-order valence-corrected chi connectivity index (χ0v) is 29.0. The van der Waals surface area contributed by atoms with Gasteiger partial charge in [0.15, 0.2) is 0 Å². The Balaban J connectivity index is 1.12. The number of hydrogen-bond donors (Lipinski definition) is 0. The van der Waals surface area contributed by atoms with E-state index in [9.17, 15) is 0 Å². The van der Waals surface area contributed by atoms with E-state index >= 15 is 0 Å². The molecule has 0 aliphatic heterocycles. The second kappa shape index (κ2) is 10.6. The third kappa shape index (κ3) is 4.12. The monoisotopic (exact) mass is 680 g/mol. The number of rotatable bonds is 3. The van der Waals surface area contributed by atoms with E-state index < -0.39 is 0 Å². The topological polar surface area (TPSA) is 36.1 Å². The van der Waals surface area contributed by atoms with Crippen LogP contribution < -0.4 is 0 Å². The minimum Gasteiger partial charge on any atom is -0.456 e. The number of nitrogens with zero attached hydrogens (tertiary/aromatic N) is 2. The van der Waals surface area contributed by atoms with Gasteiger partial charge in [-0.15, -0.1) is 0 Å². The summed E-state index contributed by atoms with van der Waals surface area (Å²) in [4.78, 5) is 0. The fraction of sp³-hybridized carbons (Fsp3) is 0.0612. The number of aromatic nitrogens is 2. The molecule has 0 spiro atoms. The maximum Gasteiger partial charge on any atom is 0.137 e. The summed E-state index contributed by atoms with van der Waals surface area (Å²) in [6, 6.07) is 48.8. The first-order valence-electron chi connectivity index (χ1n) is 18.4. The van der Waals surface area contributed by atoms with Crippen LogP contribution in [-0.2, 0) is 0 Å². The molecule has 4 nitrogen and oxygen atoms in total. The molecular formula is C49H32N2O2. The quantitative estimate of drug-likeness (QED) is 0.186. The van der Waals surface area contributed by atoms with Gasteiger partial charge in [0.1, 0.15) is 22.3 Å². The van der Waals surface area contributed by atoms with E-state index in [0.717, 1.165) is 61.5 Å². The molecule has 1 aliphatic rings. The van der Waals surface area contributed by atoms with E-state index in [1.54, 1.807) is 0 Å². The lowest BCUT2D eigenvalue weighted by molar-refractivity contribution is 0.645. The van der Waals surface area contributed by atoms with Crippen molar-refractivity contribution in [3.63, 3.8) is 0 Å². The summed E-state index contributed by atoms with van der Waals surface area (Å²) in [5.74, 6) is 0. The molecule has 4 heterocycles. The molecule has 7 aromatic carbocycles. The highest BCUT2D eigenvalue weighted by molar-refractivity contribution is 6.19. The van der Waals surface area contributed by atoms with Crippen molar-refractivity contribution in [3.05, 3.63) is 163 Å². The van der Waals surface area contributed by atoms with E-state index in [1.165, 1.54) is 54.8 Å². The highest BCUT2D eigenvalue weighted by atomic mass is 16.3. The van der Waals surface area contributed by atoms with Crippen LogP contribution in [0.3, 0.4) is 0 Å². The minimum absolute atomic E-state index is 0.229. The molecule has 53 heavy (non-hydrogen) atoms. The lowest BCUT2D eigenvalue weighted by Gasteiger charge is -2.18. The van der Waals surface area contributed by atoms with Crippen molar-refractivity contribution in [1.29, 1.82) is 0 Å². The molecule has 0 saturated heterocycles. The predicted molar refractivity (Wildman–Crippen MR) is 220 cm³/mol. The van der Waals surface area contributed by atoms with Crippen molar-refractivity contribution in [1.82, 2.24) is 9.13 Å². The van der Waals surface area contributed by atoms with Gasteiger partial charge in [-0.3, -0.25) is 0 Å². The average molecular weight is 681 g/mol. The summed E-state index contributed by atoms with van der Waals surface area (Å²) in [7, 11) is 0. The van der Waals surface area contributed by atoms with Crippen molar-refractivity contribution >= 4 is 87.5 Å². The largest absolute Gasteiger partial charge is 0.456 e. The molecule has 12 rings (SSSR count). The molecular weight excluding hydrogens is 649 g/mol. The van der Waals surface area contributed by atoms with E-state index in [2.05, 4.69) is 168 Å². The number of fused-ring (bicyclic) bond motifs is 12. The van der Waals surface area contributed by atoms with E-state index in [1.807, 2.05) is 6.07 Å². The standard InChI is InChI=1S/C49H32N2O2/c1-29-16-21-47-39(22-29)41-26-38-36-24-31(18-20-43(36)51(33-12-6-3-7-13-33)45(38)28-49(41)53-47)30-17-19-42-35(23-30)37-25-40-34-14-8-9-15-46(34)52-48(40)27-44(37)50(42)32-10-4-2-5-11-32/h2-10,12-28,32H,11H2,1H3. The number of allylic oxidation sites excluding steroid dienone is 4. The summed E-state index contributed by atoms with van der Waals surface area (Å²) in [6.45, 7) is 2.14. The summed E-state index contributed by atoms with van der Waals surface area (Å²) >= 11 is 0. The van der Waals surface area contributed by atoms with Crippen LogP contribution in [0.2, 0.25) is 0 Å². The first kappa shape index (κ1) is 28.9. The van der Waals surface area contributed by atoms with Crippen LogP contribution in [0.1, 0.15) is 18.0 Å². The maximum atomic E-state index is 6.43. The Bertz CT molecular complexity index is 3380. The molecule has 0 bridgehead atoms. The average Bonchev–Trinajstić information content (AvgIpc) is 3.93. The van der Waals surface area contributed by atoms with Gasteiger partial charge in [0.25, 0.3) is 0 Å². The Hall–Kier alpha value is -6.78. The van der Waals surface area contributed by atoms with Crippen LogP contribution in [-0.4, -0.2) is 9.13 Å². The molecule has 0 fully saturated rings. The van der Waals surface area contributed by atoms with Gasteiger partial charge in [0.2, 0.25) is 0 Å². The van der Waals surface area contributed by atoms with Gasteiger partial charge in [-0.2, -0.15) is 0 Å². The van der Waals surface area contributed by atoms with Gasteiger partial charge >= 0.3 is 0 Å². The highest BCUT2D eigenvalue weighted by Gasteiger charge is 2.21. The lowest BCUT2D eigenvalue weighted by atomic mass is 9.99. The van der Waals surface area contributed by atoms with Crippen LogP contribution in [0, 0.1) is 6.92 Å². The van der Waals surface area contributed by atoms with E-state index in [4.69, 9.17) is 8.83 Å². The summed E-state index contributed by atoms with van der Waals surface area (Å²) in [5.41, 5.74) is 13.2. The third-order valence-corrected chi connectivity index (χ3v) is 11.4. The van der Waals surface area contributed by atoms with E-state index in [-0.39, 0.29) is 6.04 Å². The molecule has 1 aliphatic carbocycles. The SMILES string of the molecule is Cc1ccc2oc3cc4c(cc3c2c1)c1cc(-c2ccc3c(c2)c2cc5c(cc2n3C2C=CC=CC2)oc2ccccc25)ccc1n4-c1ccccc1. The molecule has 0 amide bonds. The number of para-hydroxylation sites is 2. The summed E-state index contributed by atoms with van der Waals surface area (Å²) in [6.07, 6.45) is 9.84. The minimum atomic E-state index is 0.229. The summed E-state index contributed by atoms with van der Waals surface area (Å²) < 4.78 is 17.7. The number of hydrogen-bond acceptors (Lipinski definition) is 2. The fourth-order valence-corrected chi connectivity index (χ4v) is 9.00. The Morgan fingerprint density at radius 2 is 1.11 bits per heavy atom. The van der Waals surface area contributed by atoms with Crippen LogP contribution in [0.15, 0.2) is 167 Å². The molecule has 0 radical (unpaired) electrons. The first-order valence-corrected chi connectivity index (χ1v) is 18.4. The number of furan rings is 2. The first-order chi connectivity index (χ1) is 26.2. The van der Waals surface area contributed by atoms with Gasteiger partial charge in [-0.25, -0.2) is 0 Å². The number of benzene rings is 7. The van der Waals surface area contributed by atoms with Gasteiger partial charge in [0.05, 0.1) is 22.6 Å². The molecule has 0 N–H and O–H groups in total. The molecule has 1 unspecified atom stereocenters. The number of aryl methyl sites for hydroxylation is 1. The van der Waals surface area contributed by atoms with Gasteiger partial charge in [-0.05, 0) is 91.2 Å². The molecule has 11 aromatic rings. The van der Waals surface area contributed by atoms with Crippen LogP contribution in [0.4, 0.5) is 0 Å². The van der Waals surface area contributed by atoms with Crippen LogP contribution >= 0.6 is 0 Å². The van der Waals surface area contributed by atoms with Crippen molar-refractivity contribution in [3.8, 4) is 16.8 Å². The van der Waals surface area contributed by atoms with Crippen LogP contribution in [0.25, 0.3) is 104 Å². The zero-order valence-electron chi connectivity index (χ0n) is 29.0. The lowest BCUT2D eigenvalue weighted by Crippen LogP contribution is -2.06. The Kier molecular flexibility index (Phi) is 5.79. The van der Waals surface area contributed by atoms with Crippen molar-refractivity contribution in [2.45, 2.75) is 19.4 Å². The zero-order chi connectivity index (χ0) is 34.8. The van der Waals surface area contributed by atoms with Crippen molar-refractivity contribution in [2.75, 3.05) is 0 Å². The second-order valence-corrected chi connectivity index (χ2v) is 14.6. The van der Waals surface area contributed by atoms with Gasteiger partial charge in [0, 0.05) is 66.4 Å². The summed E-state index contributed by atoms with van der Waals surface area (Å²) in [5, 5.41) is 9.54.